The molecule has 0 aromatic heterocycles. The Labute approximate surface area is 101 Å². The second kappa shape index (κ2) is 5.30. The monoisotopic (exact) mass is 235 g/mol. The Hall–Kier alpha value is -1.38. The van der Waals surface area contributed by atoms with Crippen LogP contribution < -0.4 is 4.90 Å². The van der Waals surface area contributed by atoms with E-state index in [0.29, 0.717) is 6.42 Å². The molecule has 2 rings (SSSR count). The third-order valence-corrected chi connectivity index (χ3v) is 3.42. The number of carbonyl (C=O) groups is 1. The van der Waals surface area contributed by atoms with Gasteiger partial charge in [-0.3, -0.25) is 0 Å². The van der Waals surface area contributed by atoms with Gasteiger partial charge in [-0.25, -0.2) is 4.39 Å². The zero-order valence-electron chi connectivity index (χ0n) is 10.2. The first-order valence-corrected chi connectivity index (χ1v) is 6.20. The third-order valence-electron chi connectivity index (χ3n) is 3.42. The normalized spacial score (nSPS) is 17.2. The molecule has 0 aliphatic carbocycles. The number of aldehydes is 1. The van der Waals surface area contributed by atoms with Crippen LogP contribution in [0, 0.1) is 5.82 Å². The maximum atomic E-state index is 13.3. The molecule has 1 heterocycles. The Kier molecular flexibility index (Phi) is 3.77. The molecule has 1 fully saturated rings. The van der Waals surface area contributed by atoms with Gasteiger partial charge in [0.1, 0.15) is 12.1 Å². The minimum atomic E-state index is -0.222. The van der Waals surface area contributed by atoms with Crippen LogP contribution in [0.5, 0.6) is 0 Å². The zero-order chi connectivity index (χ0) is 12.3. The molecule has 1 aliphatic rings. The largest absolute Gasteiger partial charge is 0.371 e. The maximum absolute atomic E-state index is 13.3. The zero-order valence-corrected chi connectivity index (χ0v) is 10.2. The van der Waals surface area contributed by atoms with Crippen LogP contribution in [0.3, 0.4) is 0 Å². The standard InChI is InChI=1S/C14H18FNO/c1-11(6-9-17)13-10-12(15)4-5-14(13)16-7-2-3-8-16/h4-5,9-11H,2-3,6-8H2,1H3. The number of halogens is 1. The molecule has 1 saturated heterocycles. The molecule has 1 atom stereocenters. The first kappa shape index (κ1) is 12.1. The van der Waals surface area contributed by atoms with Crippen molar-refractivity contribution in [3.8, 4) is 0 Å². The summed E-state index contributed by atoms with van der Waals surface area (Å²) in [7, 11) is 0. The van der Waals surface area contributed by atoms with Crippen LogP contribution in [0.1, 0.15) is 37.7 Å². The van der Waals surface area contributed by atoms with E-state index in [9.17, 15) is 9.18 Å². The predicted molar refractivity (Wildman–Crippen MR) is 66.9 cm³/mol. The van der Waals surface area contributed by atoms with Crippen molar-refractivity contribution in [2.45, 2.75) is 32.1 Å². The molecule has 0 amide bonds. The van der Waals surface area contributed by atoms with Crippen LogP contribution in [0.25, 0.3) is 0 Å². The van der Waals surface area contributed by atoms with E-state index >= 15 is 0 Å². The van der Waals surface area contributed by atoms with Gasteiger partial charge >= 0.3 is 0 Å². The topological polar surface area (TPSA) is 20.3 Å². The molecular formula is C14H18FNO. The van der Waals surface area contributed by atoms with Crippen LogP contribution >= 0.6 is 0 Å². The van der Waals surface area contributed by atoms with Gasteiger partial charge in [-0.2, -0.15) is 0 Å². The summed E-state index contributed by atoms with van der Waals surface area (Å²) >= 11 is 0. The number of rotatable bonds is 4. The second-order valence-electron chi connectivity index (χ2n) is 4.70. The van der Waals surface area contributed by atoms with E-state index in [1.165, 1.54) is 18.9 Å². The Morgan fingerprint density at radius 2 is 2.12 bits per heavy atom. The van der Waals surface area contributed by atoms with Crippen molar-refractivity contribution in [1.29, 1.82) is 0 Å². The molecule has 0 spiro atoms. The molecule has 0 bridgehead atoms. The van der Waals surface area contributed by atoms with Crippen LogP contribution in [0.2, 0.25) is 0 Å². The number of benzene rings is 1. The summed E-state index contributed by atoms with van der Waals surface area (Å²) in [5.74, 6) is -0.139. The Balaban J connectivity index is 2.32. The summed E-state index contributed by atoms with van der Waals surface area (Å²) in [5, 5.41) is 0. The van der Waals surface area contributed by atoms with Crippen LogP contribution in [-0.2, 0) is 4.79 Å². The molecule has 0 N–H and O–H groups in total. The van der Waals surface area contributed by atoms with Crippen molar-refractivity contribution >= 4 is 12.0 Å². The van der Waals surface area contributed by atoms with Gasteiger partial charge in [-0.05, 0) is 42.5 Å². The first-order chi connectivity index (χ1) is 8.22. The minimum absolute atomic E-state index is 0.0822. The molecule has 17 heavy (non-hydrogen) atoms. The summed E-state index contributed by atoms with van der Waals surface area (Å²) in [6, 6.07) is 4.92. The molecule has 0 saturated carbocycles. The van der Waals surface area contributed by atoms with E-state index in [0.717, 1.165) is 30.6 Å². The van der Waals surface area contributed by atoms with Gasteiger partial charge in [0.15, 0.2) is 0 Å². The summed E-state index contributed by atoms with van der Waals surface area (Å²) < 4.78 is 13.3. The van der Waals surface area contributed by atoms with Crippen LogP contribution in [0.15, 0.2) is 18.2 Å². The number of anilines is 1. The molecule has 1 aromatic rings. The number of nitrogens with zero attached hydrogens (tertiary/aromatic N) is 1. The summed E-state index contributed by atoms with van der Waals surface area (Å²) in [6.45, 7) is 4.04. The lowest BCUT2D eigenvalue weighted by Crippen LogP contribution is -2.20. The van der Waals surface area contributed by atoms with Crippen molar-refractivity contribution in [1.82, 2.24) is 0 Å². The van der Waals surface area contributed by atoms with Gasteiger partial charge in [-0.1, -0.05) is 6.92 Å². The molecule has 1 aliphatic heterocycles. The highest BCUT2D eigenvalue weighted by Gasteiger charge is 2.19. The Morgan fingerprint density at radius 1 is 1.41 bits per heavy atom. The SMILES string of the molecule is CC(CC=O)c1cc(F)ccc1N1CCCC1. The number of carbonyl (C=O) groups excluding carboxylic acids is 1. The lowest BCUT2D eigenvalue weighted by molar-refractivity contribution is -0.108. The first-order valence-electron chi connectivity index (χ1n) is 6.20. The third kappa shape index (κ3) is 2.65. The summed E-state index contributed by atoms with van der Waals surface area (Å²) in [4.78, 5) is 12.9. The van der Waals surface area contributed by atoms with Gasteiger partial charge < -0.3 is 9.69 Å². The van der Waals surface area contributed by atoms with E-state index in [1.807, 2.05) is 13.0 Å². The molecule has 2 nitrogen and oxygen atoms in total. The molecule has 92 valence electrons. The minimum Gasteiger partial charge on any atom is -0.371 e. The fourth-order valence-corrected chi connectivity index (χ4v) is 2.44. The van der Waals surface area contributed by atoms with Crippen molar-refractivity contribution in [3.05, 3.63) is 29.6 Å². The smallest absolute Gasteiger partial charge is 0.123 e. The molecule has 0 radical (unpaired) electrons. The highest BCUT2D eigenvalue weighted by atomic mass is 19.1. The lowest BCUT2D eigenvalue weighted by Gasteiger charge is -2.23. The van der Waals surface area contributed by atoms with Gasteiger partial charge in [0.05, 0.1) is 0 Å². The van der Waals surface area contributed by atoms with Crippen molar-refractivity contribution < 1.29 is 9.18 Å². The lowest BCUT2D eigenvalue weighted by atomic mass is 9.96. The quantitative estimate of drug-likeness (QED) is 0.747. The highest BCUT2D eigenvalue weighted by Crippen LogP contribution is 2.32. The Morgan fingerprint density at radius 3 is 2.76 bits per heavy atom. The summed E-state index contributed by atoms with van der Waals surface area (Å²) in [5.41, 5.74) is 2.05. The van der Waals surface area contributed by atoms with Gasteiger partial charge in [0, 0.05) is 25.2 Å². The second-order valence-corrected chi connectivity index (χ2v) is 4.70. The summed E-state index contributed by atoms with van der Waals surface area (Å²) in [6.07, 6.45) is 3.74. The fourth-order valence-electron chi connectivity index (χ4n) is 2.44. The van der Waals surface area contributed by atoms with E-state index < -0.39 is 0 Å². The van der Waals surface area contributed by atoms with E-state index in [1.54, 1.807) is 6.07 Å². The number of hydrogen-bond acceptors (Lipinski definition) is 2. The molecular weight excluding hydrogens is 217 g/mol. The predicted octanol–water partition coefficient (Wildman–Crippen LogP) is 3.12. The number of hydrogen-bond donors (Lipinski definition) is 0. The van der Waals surface area contributed by atoms with E-state index in [2.05, 4.69) is 4.90 Å². The van der Waals surface area contributed by atoms with Gasteiger partial charge in [0.2, 0.25) is 0 Å². The molecule has 3 heteroatoms. The van der Waals surface area contributed by atoms with E-state index in [-0.39, 0.29) is 11.7 Å². The van der Waals surface area contributed by atoms with Crippen molar-refractivity contribution in [2.24, 2.45) is 0 Å². The maximum Gasteiger partial charge on any atom is 0.123 e. The van der Waals surface area contributed by atoms with Crippen LogP contribution in [-0.4, -0.2) is 19.4 Å². The van der Waals surface area contributed by atoms with Crippen molar-refractivity contribution in [2.75, 3.05) is 18.0 Å². The van der Waals surface area contributed by atoms with Crippen molar-refractivity contribution in [3.63, 3.8) is 0 Å². The van der Waals surface area contributed by atoms with Crippen LogP contribution in [0.4, 0.5) is 10.1 Å². The Bertz CT molecular complexity index is 399. The van der Waals surface area contributed by atoms with Gasteiger partial charge in [-0.15, -0.1) is 0 Å². The van der Waals surface area contributed by atoms with E-state index in [4.69, 9.17) is 0 Å². The fraction of sp³-hybridized carbons (Fsp3) is 0.500. The van der Waals surface area contributed by atoms with Gasteiger partial charge in [0.25, 0.3) is 0 Å². The average Bonchev–Trinajstić information content (AvgIpc) is 2.82. The average molecular weight is 235 g/mol. The molecule has 1 aromatic carbocycles. The highest BCUT2D eigenvalue weighted by molar-refractivity contribution is 5.59. The molecule has 1 unspecified atom stereocenters.